The summed E-state index contributed by atoms with van der Waals surface area (Å²) in [4.78, 5) is 23.0. The van der Waals surface area contributed by atoms with Gasteiger partial charge in [0.1, 0.15) is 12.2 Å². The first-order valence-corrected chi connectivity index (χ1v) is 6.78. The molecule has 0 unspecified atom stereocenters. The number of hydrogen-bond acceptors (Lipinski definition) is 2. The van der Waals surface area contributed by atoms with E-state index in [0.29, 0.717) is 15.7 Å². The Morgan fingerprint density at radius 1 is 1.29 bits per heavy atom. The first-order chi connectivity index (χ1) is 9.90. The molecular formula is C14H12Cl2N2O3. The van der Waals surface area contributed by atoms with Crippen molar-refractivity contribution in [3.63, 3.8) is 0 Å². The molecule has 0 spiro atoms. The number of carbonyl (C=O) groups excluding carboxylic acids is 1. The molecule has 1 amide bonds. The van der Waals surface area contributed by atoms with Crippen LogP contribution in [-0.4, -0.2) is 21.6 Å². The van der Waals surface area contributed by atoms with E-state index in [-0.39, 0.29) is 12.2 Å². The van der Waals surface area contributed by atoms with Gasteiger partial charge in [0.25, 0.3) is 0 Å². The molecule has 0 aliphatic carbocycles. The van der Waals surface area contributed by atoms with E-state index >= 15 is 0 Å². The fourth-order valence-corrected chi connectivity index (χ4v) is 2.32. The number of carbonyl (C=O) groups is 2. The average molecular weight is 327 g/mol. The highest BCUT2D eigenvalue weighted by Gasteiger charge is 2.15. The first kappa shape index (κ1) is 15.4. The number of rotatable bonds is 4. The molecule has 0 radical (unpaired) electrons. The van der Waals surface area contributed by atoms with Crippen LogP contribution in [0, 0.1) is 6.92 Å². The lowest BCUT2D eigenvalue weighted by atomic mass is 10.2. The summed E-state index contributed by atoms with van der Waals surface area (Å²) in [6.07, 6.45) is 1.52. The Balaban J connectivity index is 2.18. The van der Waals surface area contributed by atoms with Gasteiger partial charge in [-0.3, -0.25) is 4.79 Å². The molecule has 0 atom stereocenters. The molecule has 1 aromatic carbocycles. The number of benzene rings is 1. The number of aromatic carboxylic acids is 1. The number of nitrogens with one attached hydrogen (secondary N) is 1. The van der Waals surface area contributed by atoms with Gasteiger partial charge in [0.05, 0.1) is 15.7 Å². The van der Waals surface area contributed by atoms with Gasteiger partial charge in [0, 0.05) is 6.20 Å². The highest BCUT2D eigenvalue weighted by molar-refractivity contribution is 6.40. The summed E-state index contributed by atoms with van der Waals surface area (Å²) in [6, 6.07) is 6.36. The fraction of sp³-hybridized carbons (Fsp3) is 0.143. The van der Waals surface area contributed by atoms with Gasteiger partial charge in [0.15, 0.2) is 0 Å². The smallest absolute Gasteiger partial charge is 0.352 e. The van der Waals surface area contributed by atoms with Crippen molar-refractivity contribution in [2.75, 3.05) is 5.32 Å². The van der Waals surface area contributed by atoms with Gasteiger partial charge in [0.2, 0.25) is 5.91 Å². The van der Waals surface area contributed by atoms with Crippen molar-refractivity contribution in [2.24, 2.45) is 0 Å². The molecule has 0 saturated heterocycles. The predicted octanol–water partition coefficient (Wildman–Crippen LogP) is 3.44. The number of carboxylic acid groups (broad SMARTS) is 1. The third-order valence-electron chi connectivity index (χ3n) is 2.91. The molecule has 5 nitrogen and oxygen atoms in total. The van der Waals surface area contributed by atoms with Crippen LogP contribution in [0.2, 0.25) is 10.0 Å². The van der Waals surface area contributed by atoms with Crippen molar-refractivity contribution >= 4 is 40.8 Å². The first-order valence-electron chi connectivity index (χ1n) is 6.03. The lowest BCUT2D eigenvalue weighted by Crippen LogP contribution is -2.21. The molecule has 0 saturated carbocycles. The molecular weight excluding hydrogens is 315 g/mol. The van der Waals surface area contributed by atoms with Crippen LogP contribution in [0.15, 0.2) is 30.5 Å². The minimum atomic E-state index is -1.10. The molecule has 0 fully saturated rings. The largest absolute Gasteiger partial charge is 0.477 e. The van der Waals surface area contributed by atoms with Gasteiger partial charge in [-0.15, -0.1) is 0 Å². The summed E-state index contributed by atoms with van der Waals surface area (Å²) < 4.78 is 1.33. The van der Waals surface area contributed by atoms with Gasteiger partial charge < -0.3 is 15.0 Å². The topological polar surface area (TPSA) is 71.3 Å². The maximum absolute atomic E-state index is 12.0. The molecule has 110 valence electrons. The van der Waals surface area contributed by atoms with Crippen molar-refractivity contribution in [1.29, 1.82) is 0 Å². The lowest BCUT2D eigenvalue weighted by molar-refractivity contribution is -0.116. The van der Waals surface area contributed by atoms with Crippen LogP contribution >= 0.6 is 23.2 Å². The third-order valence-corrected chi connectivity index (χ3v) is 3.71. The zero-order chi connectivity index (χ0) is 15.6. The van der Waals surface area contributed by atoms with Gasteiger partial charge >= 0.3 is 5.97 Å². The molecule has 0 aliphatic rings. The Kier molecular flexibility index (Phi) is 4.55. The van der Waals surface area contributed by atoms with E-state index in [1.165, 1.54) is 16.8 Å². The molecule has 2 rings (SSSR count). The van der Waals surface area contributed by atoms with Crippen LogP contribution in [0.4, 0.5) is 5.69 Å². The monoisotopic (exact) mass is 326 g/mol. The van der Waals surface area contributed by atoms with Crippen molar-refractivity contribution in [3.8, 4) is 0 Å². The normalized spacial score (nSPS) is 10.4. The second-order valence-corrected chi connectivity index (χ2v) is 5.21. The van der Waals surface area contributed by atoms with Crippen LogP contribution in [0.5, 0.6) is 0 Å². The van der Waals surface area contributed by atoms with Crippen molar-refractivity contribution < 1.29 is 14.7 Å². The van der Waals surface area contributed by atoms with Crippen LogP contribution in [0.25, 0.3) is 0 Å². The summed E-state index contributed by atoms with van der Waals surface area (Å²) in [5.41, 5.74) is 1.14. The van der Waals surface area contributed by atoms with E-state index < -0.39 is 11.9 Å². The van der Waals surface area contributed by atoms with Crippen LogP contribution < -0.4 is 5.32 Å². The third kappa shape index (κ3) is 3.37. The summed E-state index contributed by atoms with van der Waals surface area (Å²) >= 11 is 12.1. The molecule has 1 aromatic heterocycles. The lowest BCUT2D eigenvalue weighted by Gasteiger charge is -2.12. The minimum absolute atomic E-state index is 0.0339. The summed E-state index contributed by atoms with van der Waals surface area (Å²) in [6.45, 7) is 1.65. The molecule has 2 aromatic rings. The Bertz CT molecular complexity index is 710. The zero-order valence-corrected chi connectivity index (χ0v) is 12.6. The standard InChI is InChI=1S/C14H12Cl2N2O3/c1-8-4-5-9(15)13(12(8)16)17-11(19)7-18-6-2-3-10(18)14(20)21/h2-6H,7H2,1H3,(H,17,19)(H,20,21). The van der Waals surface area contributed by atoms with Gasteiger partial charge in [-0.05, 0) is 30.7 Å². The summed E-state index contributed by atoms with van der Waals surface area (Å²) in [7, 11) is 0. The van der Waals surface area contributed by atoms with E-state index in [9.17, 15) is 9.59 Å². The second kappa shape index (κ2) is 6.20. The average Bonchev–Trinajstić information content (AvgIpc) is 2.87. The Labute approximate surface area is 131 Å². The van der Waals surface area contributed by atoms with E-state index in [1.807, 2.05) is 0 Å². The van der Waals surface area contributed by atoms with E-state index in [0.717, 1.165) is 5.56 Å². The quantitative estimate of drug-likeness (QED) is 0.904. The highest BCUT2D eigenvalue weighted by Crippen LogP contribution is 2.32. The number of amides is 1. The van der Waals surface area contributed by atoms with Crippen LogP contribution in [-0.2, 0) is 11.3 Å². The zero-order valence-electron chi connectivity index (χ0n) is 11.1. The van der Waals surface area contributed by atoms with Gasteiger partial charge in [-0.2, -0.15) is 0 Å². The number of carboxylic acids is 1. The second-order valence-electron chi connectivity index (χ2n) is 4.43. The Morgan fingerprint density at radius 3 is 2.67 bits per heavy atom. The summed E-state index contributed by atoms with van der Waals surface area (Å²) in [5, 5.41) is 12.3. The predicted molar refractivity (Wildman–Crippen MR) is 81.2 cm³/mol. The molecule has 0 aliphatic heterocycles. The number of hydrogen-bond donors (Lipinski definition) is 2. The maximum atomic E-state index is 12.0. The SMILES string of the molecule is Cc1ccc(Cl)c(NC(=O)Cn2cccc2C(=O)O)c1Cl. The van der Waals surface area contributed by atoms with Crippen LogP contribution in [0.3, 0.4) is 0 Å². The highest BCUT2D eigenvalue weighted by atomic mass is 35.5. The Hall–Kier alpha value is -1.98. The molecule has 0 bridgehead atoms. The maximum Gasteiger partial charge on any atom is 0.352 e. The number of aromatic nitrogens is 1. The van der Waals surface area contributed by atoms with E-state index in [1.54, 1.807) is 25.1 Å². The van der Waals surface area contributed by atoms with E-state index in [2.05, 4.69) is 5.32 Å². The minimum Gasteiger partial charge on any atom is -0.477 e. The summed E-state index contributed by atoms with van der Waals surface area (Å²) in [5.74, 6) is -1.51. The number of nitrogens with zero attached hydrogens (tertiary/aromatic N) is 1. The van der Waals surface area contributed by atoms with Crippen molar-refractivity contribution in [2.45, 2.75) is 13.5 Å². The van der Waals surface area contributed by atoms with Crippen molar-refractivity contribution in [3.05, 3.63) is 51.8 Å². The molecule has 21 heavy (non-hydrogen) atoms. The van der Waals surface area contributed by atoms with Crippen molar-refractivity contribution in [1.82, 2.24) is 4.57 Å². The number of anilines is 1. The van der Waals surface area contributed by atoms with Crippen LogP contribution in [0.1, 0.15) is 16.1 Å². The van der Waals surface area contributed by atoms with E-state index in [4.69, 9.17) is 28.3 Å². The van der Waals surface area contributed by atoms with Gasteiger partial charge in [-0.1, -0.05) is 29.3 Å². The molecule has 2 N–H and O–H groups in total. The molecule has 1 heterocycles. The number of halogens is 2. The number of aryl methyl sites for hydroxylation is 1. The van der Waals surface area contributed by atoms with Gasteiger partial charge in [-0.25, -0.2) is 4.79 Å². The fourth-order valence-electron chi connectivity index (χ4n) is 1.85. The molecule has 7 heteroatoms. The Morgan fingerprint density at radius 2 is 2.00 bits per heavy atom.